The first kappa shape index (κ1) is 20.2. The lowest BCUT2D eigenvalue weighted by molar-refractivity contribution is -0.149. The van der Waals surface area contributed by atoms with Crippen LogP contribution in [0.3, 0.4) is 0 Å². The number of halogens is 1. The minimum absolute atomic E-state index is 0.0425. The third-order valence-electron chi connectivity index (χ3n) is 3.11. The van der Waals surface area contributed by atoms with E-state index in [1.807, 2.05) is 0 Å². The van der Waals surface area contributed by atoms with Crippen LogP contribution in [0.2, 0.25) is 0 Å². The summed E-state index contributed by atoms with van der Waals surface area (Å²) in [7, 11) is 0. The van der Waals surface area contributed by atoms with E-state index in [0.29, 0.717) is 5.69 Å². The molecule has 1 atom stereocenters. The Morgan fingerprint density at radius 2 is 1.79 bits per heavy atom. The lowest BCUT2D eigenvalue weighted by atomic mass is 9.91. The number of hydrogen-bond donors (Lipinski definition) is 1. The van der Waals surface area contributed by atoms with Crippen LogP contribution >= 0.6 is 11.8 Å². The van der Waals surface area contributed by atoms with Crippen LogP contribution in [0.5, 0.6) is 0 Å². The van der Waals surface area contributed by atoms with Gasteiger partial charge in [0.1, 0.15) is 11.1 Å². The molecule has 1 aromatic rings. The number of anilines is 1. The predicted octanol–water partition coefficient (Wildman–Crippen LogP) is 3.04. The second-order valence-corrected chi connectivity index (χ2v) is 7.62. The second-order valence-electron chi connectivity index (χ2n) is 6.29. The van der Waals surface area contributed by atoms with Crippen molar-refractivity contribution in [1.82, 2.24) is 0 Å². The van der Waals surface area contributed by atoms with Gasteiger partial charge in [-0.3, -0.25) is 14.4 Å². The standard InChI is InChI=1S/C17H22FNO4S/c1-11(16(22)23-9-14(20)17(2,3)4)24-10-15(21)19-13-7-5-12(18)6-8-13/h5-8,11H,9-10H2,1-4H3,(H,19,21). The summed E-state index contributed by atoms with van der Waals surface area (Å²) in [5.41, 5.74) is -0.0842. The average Bonchev–Trinajstić information content (AvgIpc) is 2.51. The molecule has 0 radical (unpaired) electrons. The topological polar surface area (TPSA) is 72.5 Å². The summed E-state index contributed by atoms with van der Waals surface area (Å²) in [5.74, 6) is -1.35. The molecular weight excluding hydrogens is 333 g/mol. The molecule has 7 heteroatoms. The molecule has 1 aromatic carbocycles. The Morgan fingerprint density at radius 3 is 2.33 bits per heavy atom. The summed E-state index contributed by atoms with van der Waals surface area (Å²) in [5, 5.41) is 2.03. The quantitative estimate of drug-likeness (QED) is 0.761. The number of thioether (sulfide) groups is 1. The zero-order valence-corrected chi connectivity index (χ0v) is 15.0. The van der Waals surface area contributed by atoms with E-state index >= 15 is 0 Å². The highest BCUT2D eigenvalue weighted by Gasteiger charge is 2.24. The Labute approximate surface area is 145 Å². The first-order valence-electron chi connectivity index (χ1n) is 7.46. The van der Waals surface area contributed by atoms with Crippen molar-refractivity contribution in [1.29, 1.82) is 0 Å². The fourth-order valence-corrected chi connectivity index (χ4v) is 2.15. The number of benzene rings is 1. The normalized spacial score (nSPS) is 12.4. The number of rotatable bonds is 7. The van der Waals surface area contributed by atoms with Gasteiger partial charge in [0.25, 0.3) is 0 Å². The smallest absolute Gasteiger partial charge is 0.319 e. The predicted molar refractivity (Wildman–Crippen MR) is 92.4 cm³/mol. The third kappa shape index (κ3) is 7.12. The summed E-state index contributed by atoms with van der Waals surface area (Å²) in [4.78, 5) is 35.3. The molecule has 0 saturated heterocycles. The third-order valence-corrected chi connectivity index (χ3v) is 4.23. The maximum Gasteiger partial charge on any atom is 0.319 e. The Balaban J connectivity index is 2.35. The van der Waals surface area contributed by atoms with Gasteiger partial charge in [-0.1, -0.05) is 20.8 Å². The second kappa shape index (κ2) is 8.82. The van der Waals surface area contributed by atoms with Crippen LogP contribution < -0.4 is 5.32 Å². The maximum absolute atomic E-state index is 12.8. The summed E-state index contributed by atoms with van der Waals surface area (Å²) in [6.45, 7) is 6.60. The van der Waals surface area contributed by atoms with Crippen LogP contribution in [-0.2, 0) is 19.1 Å². The zero-order valence-electron chi connectivity index (χ0n) is 14.2. The highest BCUT2D eigenvalue weighted by molar-refractivity contribution is 8.01. The molecule has 0 aliphatic heterocycles. The SMILES string of the molecule is CC(SCC(=O)Nc1ccc(F)cc1)C(=O)OCC(=O)C(C)(C)C. The molecule has 0 fully saturated rings. The molecule has 1 unspecified atom stereocenters. The van der Waals surface area contributed by atoms with Crippen molar-refractivity contribution >= 4 is 35.1 Å². The largest absolute Gasteiger partial charge is 0.457 e. The van der Waals surface area contributed by atoms with Gasteiger partial charge in [0.2, 0.25) is 5.91 Å². The molecule has 0 aromatic heterocycles. The number of Topliss-reactive ketones (excluding diaryl/α,β-unsaturated/α-hetero) is 1. The van der Waals surface area contributed by atoms with Gasteiger partial charge >= 0.3 is 5.97 Å². The minimum Gasteiger partial charge on any atom is -0.457 e. The van der Waals surface area contributed by atoms with Gasteiger partial charge in [0, 0.05) is 11.1 Å². The number of carbonyl (C=O) groups excluding carboxylic acids is 3. The monoisotopic (exact) mass is 355 g/mol. The number of nitrogens with one attached hydrogen (secondary N) is 1. The first-order chi connectivity index (χ1) is 11.1. The first-order valence-corrected chi connectivity index (χ1v) is 8.51. The van der Waals surface area contributed by atoms with Gasteiger partial charge in [-0.2, -0.15) is 0 Å². The maximum atomic E-state index is 12.8. The number of ether oxygens (including phenoxy) is 1. The molecule has 0 spiro atoms. The molecular formula is C17H22FNO4S. The molecule has 0 aliphatic carbocycles. The van der Waals surface area contributed by atoms with Crippen LogP contribution in [0.4, 0.5) is 10.1 Å². The van der Waals surface area contributed by atoms with E-state index in [0.717, 1.165) is 11.8 Å². The number of amides is 1. The molecule has 0 bridgehead atoms. The van der Waals surface area contributed by atoms with Gasteiger partial charge in [-0.05, 0) is 31.2 Å². The molecule has 24 heavy (non-hydrogen) atoms. The van der Waals surface area contributed by atoms with Crippen LogP contribution in [0.25, 0.3) is 0 Å². The molecule has 1 rings (SSSR count). The molecule has 132 valence electrons. The molecule has 0 aliphatic rings. The van der Waals surface area contributed by atoms with E-state index in [9.17, 15) is 18.8 Å². The van der Waals surface area contributed by atoms with E-state index in [1.54, 1.807) is 27.7 Å². The summed E-state index contributed by atoms with van der Waals surface area (Å²) >= 11 is 1.10. The fraction of sp³-hybridized carbons (Fsp3) is 0.471. The van der Waals surface area contributed by atoms with Crippen LogP contribution in [0, 0.1) is 11.2 Å². The van der Waals surface area contributed by atoms with Crippen LogP contribution in [-0.4, -0.2) is 35.3 Å². The molecule has 1 N–H and O–H groups in total. The molecule has 1 amide bonds. The van der Waals surface area contributed by atoms with Gasteiger partial charge in [0.05, 0.1) is 5.75 Å². The Kier molecular flexibility index (Phi) is 7.41. The number of carbonyl (C=O) groups is 3. The molecule has 0 saturated carbocycles. The van der Waals surface area contributed by atoms with Crippen molar-refractivity contribution < 1.29 is 23.5 Å². The van der Waals surface area contributed by atoms with E-state index < -0.39 is 16.6 Å². The lowest BCUT2D eigenvalue weighted by Gasteiger charge is -2.17. The van der Waals surface area contributed by atoms with E-state index in [-0.39, 0.29) is 29.9 Å². The van der Waals surface area contributed by atoms with E-state index in [2.05, 4.69) is 5.32 Å². The van der Waals surface area contributed by atoms with Crippen molar-refractivity contribution in [2.75, 3.05) is 17.7 Å². The molecule has 0 heterocycles. The van der Waals surface area contributed by atoms with Crippen molar-refractivity contribution in [3.05, 3.63) is 30.1 Å². The highest BCUT2D eigenvalue weighted by atomic mass is 32.2. The molecule has 5 nitrogen and oxygen atoms in total. The minimum atomic E-state index is -0.572. The van der Waals surface area contributed by atoms with Crippen molar-refractivity contribution in [2.24, 2.45) is 5.41 Å². The van der Waals surface area contributed by atoms with Gasteiger partial charge in [-0.25, -0.2) is 4.39 Å². The lowest BCUT2D eigenvalue weighted by Crippen LogP contribution is -2.29. The van der Waals surface area contributed by atoms with Crippen LogP contribution in [0.15, 0.2) is 24.3 Å². The van der Waals surface area contributed by atoms with Gasteiger partial charge < -0.3 is 10.1 Å². The van der Waals surface area contributed by atoms with Crippen molar-refractivity contribution in [2.45, 2.75) is 32.9 Å². The Morgan fingerprint density at radius 1 is 1.21 bits per heavy atom. The summed E-state index contributed by atoms with van der Waals surface area (Å²) in [6.07, 6.45) is 0. The highest BCUT2D eigenvalue weighted by Crippen LogP contribution is 2.17. The van der Waals surface area contributed by atoms with Crippen molar-refractivity contribution in [3.8, 4) is 0 Å². The van der Waals surface area contributed by atoms with Crippen LogP contribution in [0.1, 0.15) is 27.7 Å². The van der Waals surface area contributed by atoms with E-state index in [4.69, 9.17) is 4.74 Å². The van der Waals surface area contributed by atoms with Gasteiger partial charge in [0.15, 0.2) is 12.4 Å². The Bertz CT molecular complexity index is 596. The number of hydrogen-bond acceptors (Lipinski definition) is 5. The van der Waals surface area contributed by atoms with E-state index in [1.165, 1.54) is 24.3 Å². The zero-order chi connectivity index (χ0) is 18.3. The van der Waals surface area contributed by atoms with Crippen molar-refractivity contribution in [3.63, 3.8) is 0 Å². The average molecular weight is 355 g/mol. The number of ketones is 1. The summed E-state index contributed by atoms with van der Waals surface area (Å²) in [6, 6.07) is 5.39. The fourth-order valence-electron chi connectivity index (χ4n) is 1.47. The Hall–Kier alpha value is -1.89. The summed E-state index contributed by atoms with van der Waals surface area (Å²) < 4.78 is 17.8. The van der Waals surface area contributed by atoms with Gasteiger partial charge in [-0.15, -0.1) is 11.8 Å². The number of esters is 1.